The van der Waals surface area contributed by atoms with Crippen LogP contribution >= 0.6 is 0 Å². The topological polar surface area (TPSA) is 81.7 Å². The van der Waals surface area contributed by atoms with Crippen LogP contribution in [0.1, 0.15) is 172 Å². The zero-order valence-corrected chi connectivity index (χ0v) is 34.6. The highest BCUT2D eigenvalue weighted by molar-refractivity contribution is 5.41. The van der Waals surface area contributed by atoms with Crippen molar-refractivity contribution in [3.05, 3.63) is 5.82 Å². The van der Waals surface area contributed by atoms with Crippen molar-refractivity contribution in [2.24, 2.45) is 0 Å². The molecule has 2 N–H and O–H groups in total. The minimum Gasteiger partial charge on any atom is -0.378 e. The van der Waals surface area contributed by atoms with Crippen LogP contribution in [0.3, 0.4) is 0 Å². The SMILES string of the molecule is CCC(CC)c1nc(N2CCOCC2)nc(N(CCCCCCN(C(CC)CC)C2CC(C)(C)NC(C)(C)C2)C2CC(C)(C)NC(C)(C)C2)n1. The predicted octanol–water partition coefficient (Wildman–Crippen LogP) is 8.09. The van der Waals surface area contributed by atoms with Crippen LogP contribution in [0.25, 0.3) is 0 Å². The maximum atomic E-state index is 5.70. The maximum absolute atomic E-state index is 5.70. The Balaban J connectivity index is 1.51. The smallest absolute Gasteiger partial charge is 0.230 e. The fourth-order valence-electron chi connectivity index (χ4n) is 10.0. The molecular weight excluding hydrogens is 621 g/mol. The summed E-state index contributed by atoms with van der Waals surface area (Å²) in [5, 5.41) is 7.84. The molecule has 4 rings (SSSR count). The van der Waals surface area contributed by atoms with E-state index in [1.165, 1.54) is 51.5 Å². The zero-order valence-electron chi connectivity index (χ0n) is 34.6. The summed E-state index contributed by atoms with van der Waals surface area (Å²) < 4.78 is 5.70. The van der Waals surface area contributed by atoms with E-state index in [1.54, 1.807) is 0 Å². The molecule has 4 heterocycles. The minimum atomic E-state index is 0.0409. The second kappa shape index (κ2) is 17.5. The van der Waals surface area contributed by atoms with Gasteiger partial charge < -0.3 is 25.2 Å². The van der Waals surface area contributed by atoms with Gasteiger partial charge in [0.25, 0.3) is 0 Å². The molecule has 3 fully saturated rings. The lowest BCUT2D eigenvalue weighted by Gasteiger charge is -2.51. The molecule has 1 aromatic heterocycles. The van der Waals surface area contributed by atoms with Gasteiger partial charge in [-0.2, -0.15) is 15.0 Å². The number of nitrogens with one attached hydrogen (secondary N) is 2. The highest BCUT2D eigenvalue weighted by Crippen LogP contribution is 2.36. The number of morpholine rings is 1. The van der Waals surface area contributed by atoms with E-state index in [1.807, 2.05) is 0 Å². The lowest BCUT2D eigenvalue weighted by molar-refractivity contribution is 0.0348. The first-order chi connectivity index (χ1) is 23.5. The molecule has 0 bridgehead atoms. The van der Waals surface area contributed by atoms with Gasteiger partial charge in [0.2, 0.25) is 11.9 Å². The zero-order chi connectivity index (χ0) is 36.7. The molecule has 3 saturated heterocycles. The monoisotopic (exact) mass is 699 g/mol. The summed E-state index contributed by atoms with van der Waals surface area (Å²) in [6.45, 7) is 33.6. The third-order valence-electron chi connectivity index (χ3n) is 11.8. The normalized spacial score (nSPS) is 22.5. The Hall–Kier alpha value is -1.55. The number of hydrogen-bond acceptors (Lipinski definition) is 9. The third kappa shape index (κ3) is 11.5. The van der Waals surface area contributed by atoms with E-state index in [0.717, 1.165) is 82.7 Å². The first-order valence-corrected chi connectivity index (χ1v) is 20.7. The van der Waals surface area contributed by atoms with Crippen molar-refractivity contribution in [3.8, 4) is 0 Å². The van der Waals surface area contributed by atoms with E-state index in [4.69, 9.17) is 19.7 Å². The van der Waals surface area contributed by atoms with E-state index in [-0.39, 0.29) is 22.2 Å². The highest BCUT2D eigenvalue weighted by atomic mass is 16.5. The molecule has 0 aliphatic carbocycles. The Labute approximate surface area is 307 Å². The van der Waals surface area contributed by atoms with Crippen LogP contribution in [-0.2, 0) is 4.74 Å². The van der Waals surface area contributed by atoms with Gasteiger partial charge in [-0.3, -0.25) is 4.90 Å². The van der Waals surface area contributed by atoms with Crippen molar-refractivity contribution in [1.82, 2.24) is 30.5 Å². The summed E-state index contributed by atoms with van der Waals surface area (Å²) in [7, 11) is 0. The lowest BCUT2D eigenvalue weighted by Crippen LogP contribution is -2.63. The Bertz CT molecular complexity index is 1140. The number of aromatic nitrogens is 3. The molecule has 0 amide bonds. The quantitative estimate of drug-likeness (QED) is 0.157. The first-order valence-electron chi connectivity index (χ1n) is 20.7. The van der Waals surface area contributed by atoms with Crippen LogP contribution in [0.2, 0.25) is 0 Å². The van der Waals surface area contributed by atoms with Crippen molar-refractivity contribution in [2.75, 3.05) is 49.2 Å². The van der Waals surface area contributed by atoms with Gasteiger partial charge in [-0.25, -0.2) is 0 Å². The van der Waals surface area contributed by atoms with E-state index < -0.39 is 0 Å². The van der Waals surface area contributed by atoms with Crippen molar-refractivity contribution in [1.29, 1.82) is 0 Å². The van der Waals surface area contributed by atoms with Crippen molar-refractivity contribution >= 4 is 11.9 Å². The molecular formula is C41H78N8O. The van der Waals surface area contributed by atoms with Crippen LogP contribution < -0.4 is 20.4 Å². The van der Waals surface area contributed by atoms with Gasteiger partial charge in [0.1, 0.15) is 5.82 Å². The average molecular weight is 699 g/mol. The molecule has 3 aliphatic rings. The minimum absolute atomic E-state index is 0.0409. The van der Waals surface area contributed by atoms with Gasteiger partial charge in [0.15, 0.2) is 0 Å². The fourth-order valence-corrected chi connectivity index (χ4v) is 10.0. The molecule has 0 saturated carbocycles. The second-order valence-electron chi connectivity index (χ2n) is 18.6. The molecule has 50 heavy (non-hydrogen) atoms. The molecule has 288 valence electrons. The fraction of sp³-hybridized carbons (Fsp3) is 0.927. The average Bonchev–Trinajstić information content (AvgIpc) is 3.02. The van der Waals surface area contributed by atoms with Gasteiger partial charge in [-0.05, 0) is 126 Å². The van der Waals surface area contributed by atoms with Gasteiger partial charge >= 0.3 is 0 Å². The molecule has 9 nitrogen and oxygen atoms in total. The first kappa shape index (κ1) is 41.2. The summed E-state index contributed by atoms with van der Waals surface area (Å²) in [4.78, 5) is 23.5. The Morgan fingerprint density at radius 1 is 0.660 bits per heavy atom. The van der Waals surface area contributed by atoms with E-state index in [9.17, 15) is 0 Å². The van der Waals surface area contributed by atoms with Crippen LogP contribution in [0.5, 0.6) is 0 Å². The molecule has 0 spiro atoms. The molecule has 3 aliphatic heterocycles. The van der Waals surface area contributed by atoms with Crippen LogP contribution in [0.15, 0.2) is 0 Å². The van der Waals surface area contributed by atoms with E-state index >= 15 is 0 Å². The predicted molar refractivity (Wildman–Crippen MR) is 212 cm³/mol. The number of anilines is 2. The molecule has 0 unspecified atom stereocenters. The van der Waals surface area contributed by atoms with Crippen molar-refractivity contribution in [2.45, 2.75) is 206 Å². The molecule has 0 radical (unpaired) electrons. The third-order valence-corrected chi connectivity index (χ3v) is 11.8. The van der Waals surface area contributed by atoms with Gasteiger partial charge in [-0.15, -0.1) is 0 Å². The highest BCUT2D eigenvalue weighted by Gasteiger charge is 2.42. The van der Waals surface area contributed by atoms with Gasteiger partial charge in [-0.1, -0.05) is 40.5 Å². The van der Waals surface area contributed by atoms with Crippen LogP contribution in [0, 0.1) is 0 Å². The summed E-state index contributed by atoms with van der Waals surface area (Å²) in [5.41, 5.74) is 0.421. The van der Waals surface area contributed by atoms with Gasteiger partial charge in [0, 0.05) is 65.8 Å². The van der Waals surface area contributed by atoms with Crippen molar-refractivity contribution < 1.29 is 4.74 Å². The number of unbranched alkanes of at least 4 members (excludes halogenated alkanes) is 3. The number of rotatable bonds is 17. The molecule has 1 aromatic rings. The van der Waals surface area contributed by atoms with E-state index in [2.05, 4.69) is 108 Å². The van der Waals surface area contributed by atoms with Crippen molar-refractivity contribution in [3.63, 3.8) is 0 Å². The van der Waals surface area contributed by atoms with E-state index in [0.29, 0.717) is 24.0 Å². The summed E-state index contributed by atoms with van der Waals surface area (Å²) in [6, 6.07) is 1.68. The Kier molecular flexibility index (Phi) is 14.4. The lowest BCUT2D eigenvalue weighted by atomic mass is 9.78. The molecule has 0 aromatic carbocycles. The second-order valence-corrected chi connectivity index (χ2v) is 18.6. The molecule has 9 heteroatoms. The largest absolute Gasteiger partial charge is 0.378 e. The summed E-state index contributed by atoms with van der Waals surface area (Å²) in [5.74, 6) is 3.03. The maximum Gasteiger partial charge on any atom is 0.230 e. The standard InChI is InChI=1S/C41H78N8O/c1-13-31(14-2)35-42-36(47-23-25-50-26-24-47)44-37(43-35)49(34-29-40(9,10)46-41(11,12)30-34)22-20-18-17-19-21-48(32(15-3)16-4)33-27-38(5,6)45-39(7,8)28-33/h31-34,45-46H,13-30H2,1-12H3. The Morgan fingerprint density at radius 2 is 1.16 bits per heavy atom. The van der Waals surface area contributed by atoms with Gasteiger partial charge in [0.05, 0.1) is 13.2 Å². The van der Waals surface area contributed by atoms with Crippen LogP contribution in [0.4, 0.5) is 11.9 Å². The number of nitrogens with zero attached hydrogens (tertiary/aromatic N) is 6. The number of ether oxygens (including phenoxy) is 1. The molecule has 0 atom stereocenters. The summed E-state index contributed by atoms with van der Waals surface area (Å²) in [6.07, 6.45) is 14.0. The number of hydrogen-bond donors (Lipinski definition) is 2. The summed E-state index contributed by atoms with van der Waals surface area (Å²) >= 11 is 0. The number of piperidine rings is 2. The van der Waals surface area contributed by atoms with Crippen LogP contribution in [-0.4, -0.2) is 99.5 Å². The Morgan fingerprint density at radius 3 is 1.66 bits per heavy atom.